The van der Waals surface area contributed by atoms with Crippen LogP contribution in [0.1, 0.15) is 39.5 Å². The van der Waals surface area contributed by atoms with Gasteiger partial charge in [-0.25, -0.2) is 9.97 Å². The molecule has 0 aromatic carbocycles. The van der Waals surface area contributed by atoms with Crippen LogP contribution in [0.4, 0.5) is 5.95 Å². The summed E-state index contributed by atoms with van der Waals surface area (Å²) in [6, 6.07) is 1.98. The minimum Gasteiger partial charge on any atom is -0.396 e. The Hall–Kier alpha value is -1.69. The maximum absolute atomic E-state index is 12.8. The fourth-order valence-electron chi connectivity index (χ4n) is 3.05. The SMILES string of the molecule is CCC(CC)NC(=O)C1(CCO)CCN(c2ncccn2)C1. The van der Waals surface area contributed by atoms with Crippen molar-refractivity contribution in [3.05, 3.63) is 18.5 Å². The van der Waals surface area contributed by atoms with Crippen LogP contribution >= 0.6 is 0 Å². The number of carbonyl (C=O) groups excluding carboxylic acids is 1. The van der Waals surface area contributed by atoms with Crippen molar-refractivity contribution in [3.8, 4) is 0 Å². The average molecular weight is 306 g/mol. The van der Waals surface area contributed by atoms with E-state index in [1.807, 2.05) is 4.90 Å². The highest BCUT2D eigenvalue weighted by Crippen LogP contribution is 2.35. The lowest BCUT2D eigenvalue weighted by atomic mass is 9.82. The molecule has 0 saturated carbocycles. The second kappa shape index (κ2) is 7.54. The maximum Gasteiger partial charge on any atom is 0.228 e. The van der Waals surface area contributed by atoms with E-state index in [1.165, 1.54) is 0 Å². The lowest BCUT2D eigenvalue weighted by Gasteiger charge is -2.29. The molecule has 0 bridgehead atoms. The van der Waals surface area contributed by atoms with Gasteiger partial charge in [-0.05, 0) is 31.7 Å². The van der Waals surface area contributed by atoms with Gasteiger partial charge in [0.25, 0.3) is 0 Å². The van der Waals surface area contributed by atoms with Gasteiger partial charge in [-0.1, -0.05) is 13.8 Å². The van der Waals surface area contributed by atoms with Crippen molar-refractivity contribution in [2.45, 2.75) is 45.6 Å². The summed E-state index contributed by atoms with van der Waals surface area (Å²) in [7, 11) is 0. The smallest absolute Gasteiger partial charge is 0.228 e. The molecule has 1 amide bonds. The van der Waals surface area contributed by atoms with Gasteiger partial charge in [-0.15, -0.1) is 0 Å². The molecule has 1 atom stereocenters. The number of hydrogen-bond donors (Lipinski definition) is 2. The first-order valence-electron chi connectivity index (χ1n) is 8.09. The van der Waals surface area contributed by atoms with Crippen molar-refractivity contribution >= 4 is 11.9 Å². The molecule has 0 aliphatic carbocycles. The largest absolute Gasteiger partial charge is 0.396 e. The number of nitrogens with one attached hydrogen (secondary N) is 1. The highest BCUT2D eigenvalue weighted by atomic mass is 16.3. The fourth-order valence-corrected chi connectivity index (χ4v) is 3.05. The summed E-state index contributed by atoms with van der Waals surface area (Å²) in [6.45, 7) is 5.46. The van der Waals surface area contributed by atoms with E-state index in [4.69, 9.17) is 0 Å². The molecule has 1 aliphatic heterocycles. The zero-order valence-electron chi connectivity index (χ0n) is 13.5. The van der Waals surface area contributed by atoms with Gasteiger partial charge in [0.2, 0.25) is 11.9 Å². The zero-order chi connectivity index (χ0) is 16.0. The van der Waals surface area contributed by atoms with Gasteiger partial charge in [-0.2, -0.15) is 0 Å². The predicted octanol–water partition coefficient (Wildman–Crippen LogP) is 1.36. The van der Waals surface area contributed by atoms with E-state index in [9.17, 15) is 9.90 Å². The van der Waals surface area contributed by atoms with Crippen LogP contribution in [0.5, 0.6) is 0 Å². The van der Waals surface area contributed by atoms with Crippen LogP contribution in [0.2, 0.25) is 0 Å². The van der Waals surface area contributed by atoms with Gasteiger partial charge in [0.1, 0.15) is 0 Å². The third kappa shape index (κ3) is 3.55. The van der Waals surface area contributed by atoms with Crippen LogP contribution in [0.25, 0.3) is 0 Å². The Morgan fingerprint density at radius 1 is 1.41 bits per heavy atom. The number of anilines is 1. The second-order valence-corrected chi connectivity index (χ2v) is 5.96. The first-order valence-corrected chi connectivity index (χ1v) is 8.09. The monoisotopic (exact) mass is 306 g/mol. The highest BCUT2D eigenvalue weighted by Gasteiger charge is 2.45. The Labute approximate surface area is 132 Å². The molecule has 0 radical (unpaired) electrons. The Morgan fingerprint density at radius 2 is 2.09 bits per heavy atom. The standard InChI is InChI=1S/C16H26N4O2/c1-3-13(4-2)19-14(22)16(7-11-21)6-10-20(12-16)15-17-8-5-9-18-15/h5,8-9,13,21H,3-4,6-7,10-12H2,1-2H3,(H,19,22). The van der Waals surface area contributed by atoms with Crippen LogP contribution < -0.4 is 10.2 Å². The lowest BCUT2D eigenvalue weighted by molar-refractivity contribution is -0.131. The molecule has 122 valence electrons. The van der Waals surface area contributed by atoms with Crippen LogP contribution in [0.15, 0.2) is 18.5 Å². The summed E-state index contributed by atoms with van der Waals surface area (Å²) >= 11 is 0. The Morgan fingerprint density at radius 3 is 2.68 bits per heavy atom. The van der Waals surface area contributed by atoms with Gasteiger partial charge >= 0.3 is 0 Å². The highest BCUT2D eigenvalue weighted by molar-refractivity contribution is 5.84. The molecular formula is C16H26N4O2. The van der Waals surface area contributed by atoms with E-state index >= 15 is 0 Å². The molecule has 22 heavy (non-hydrogen) atoms. The van der Waals surface area contributed by atoms with Gasteiger partial charge in [0.15, 0.2) is 0 Å². The molecule has 0 spiro atoms. The molecule has 1 aromatic heterocycles. The molecule has 1 fully saturated rings. The van der Waals surface area contributed by atoms with E-state index in [0.717, 1.165) is 25.8 Å². The normalized spacial score (nSPS) is 21.4. The number of rotatable bonds is 7. The Balaban J connectivity index is 2.11. The topological polar surface area (TPSA) is 78.4 Å². The van der Waals surface area contributed by atoms with Crippen molar-refractivity contribution in [2.24, 2.45) is 5.41 Å². The summed E-state index contributed by atoms with van der Waals surface area (Å²) in [5, 5.41) is 12.6. The van der Waals surface area contributed by atoms with Crippen molar-refractivity contribution in [1.82, 2.24) is 15.3 Å². The minimum atomic E-state index is -0.545. The quantitative estimate of drug-likeness (QED) is 0.795. The number of aromatic nitrogens is 2. The number of amides is 1. The predicted molar refractivity (Wildman–Crippen MR) is 85.5 cm³/mol. The van der Waals surface area contributed by atoms with E-state index in [2.05, 4.69) is 29.1 Å². The molecule has 2 N–H and O–H groups in total. The molecule has 1 aromatic rings. The molecule has 1 aliphatic rings. The van der Waals surface area contributed by atoms with Gasteiger partial charge in [0, 0.05) is 38.1 Å². The summed E-state index contributed by atoms with van der Waals surface area (Å²) in [5.74, 6) is 0.700. The van der Waals surface area contributed by atoms with Gasteiger partial charge in [-0.3, -0.25) is 4.79 Å². The molecule has 1 unspecified atom stereocenters. The molecule has 2 rings (SSSR count). The number of nitrogens with zero attached hydrogens (tertiary/aromatic N) is 3. The molecule has 2 heterocycles. The van der Waals surface area contributed by atoms with Crippen LogP contribution in [-0.2, 0) is 4.79 Å². The molecule has 1 saturated heterocycles. The number of aliphatic hydroxyl groups excluding tert-OH is 1. The van der Waals surface area contributed by atoms with Crippen molar-refractivity contribution < 1.29 is 9.90 Å². The van der Waals surface area contributed by atoms with Crippen molar-refractivity contribution in [1.29, 1.82) is 0 Å². The van der Waals surface area contributed by atoms with Crippen molar-refractivity contribution in [2.75, 3.05) is 24.6 Å². The van der Waals surface area contributed by atoms with Gasteiger partial charge in [0.05, 0.1) is 5.41 Å². The average Bonchev–Trinajstić information content (AvgIpc) is 2.99. The summed E-state index contributed by atoms with van der Waals surface area (Å²) < 4.78 is 0. The molecule has 6 heteroatoms. The van der Waals surface area contributed by atoms with E-state index in [0.29, 0.717) is 18.9 Å². The fraction of sp³-hybridized carbons (Fsp3) is 0.688. The van der Waals surface area contributed by atoms with E-state index in [-0.39, 0.29) is 18.6 Å². The van der Waals surface area contributed by atoms with Crippen LogP contribution in [-0.4, -0.2) is 46.7 Å². The third-order valence-corrected chi connectivity index (χ3v) is 4.58. The third-order valence-electron chi connectivity index (χ3n) is 4.58. The summed E-state index contributed by atoms with van der Waals surface area (Å²) in [5.41, 5.74) is -0.545. The first-order chi connectivity index (χ1) is 10.6. The zero-order valence-corrected chi connectivity index (χ0v) is 13.5. The van der Waals surface area contributed by atoms with E-state index in [1.54, 1.807) is 18.5 Å². The number of carbonyl (C=O) groups is 1. The van der Waals surface area contributed by atoms with Crippen molar-refractivity contribution in [3.63, 3.8) is 0 Å². The van der Waals surface area contributed by atoms with Crippen LogP contribution in [0.3, 0.4) is 0 Å². The maximum atomic E-state index is 12.8. The molecular weight excluding hydrogens is 280 g/mol. The van der Waals surface area contributed by atoms with Crippen LogP contribution in [0, 0.1) is 5.41 Å². The first kappa shape index (κ1) is 16.7. The Bertz CT molecular complexity index is 478. The minimum absolute atomic E-state index is 0.0137. The number of hydrogen-bond acceptors (Lipinski definition) is 5. The second-order valence-electron chi connectivity index (χ2n) is 5.96. The lowest BCUT2D eigenvalue weighted by Crippen LogP contribution is -2.47. The van der Waals surface area contributed by atoms with Gasteiger partial charge < -0.3 is 15.3 Å². The summed E-state index contributed by atoms with van der Waals surface area (Å²) in [4.78, 5) is 23.3. The number of aliphatic hydroxyl groups is 1. The van der Waals surface area contributed by atoms with E-state index < -0.39 is 5.41 Å². The Kier molecular flexibility index (Phi) is 5.71. The summed E-state index contributed by atoms with van der Waals surface area (Å²) in [6.07, 6.45) is 6.45. The molecule has 6 nitrogen and oxygen atoms in total.